The number of aromatic nitrogens is 2. The summed E-state index contributed by atoms with van der Waals surface area (Å²) in [7, 11) is 0. The number of rotatable bonds is 3. The molecule has 10 aromatic rings. The zero-order chi connectivity index (χ0) is 30.2. The zero-order valence-electron chi connectivity index (χ0n) is 25.0. The number of para-hydroxylation sites is 3. The van der Waals surface area contributed by atoms with E-state index in [1.54, 1.807) is 0 Å². The molecule has 0 atom stereocenters. The number of nitrogens with zero attached hydrogens (tertiary/aromatic N) is 1. The molecule has 214 valence electrons. The predicted molar refractivity (Wildman–Crippen MR) is 196 cm³/mol. The Hall–Kier alpha value is -6.12. The molecule has 0 saturated carbocycles. The summed E-state index contributed by atoms with van der Waals surface area (Å²) >= 11 is 0. The van der Waals surface area contributed by atoms with Gasteiger partial charge in [-0.05, 0) is 80.2 Å². The topological polar surface area (TPSA) is 20.7 Å². The van der Waals surface area contributed by atoms with Gasteiger partial charge in [-0.1, -0.05) is 127 Å². The lowest BCUT2D eigenvalue weighted by atomic mass is 9.89. The van der Waals surface area contributed by atoms with Gasteiger partial charge in [0.15, 0.2) is 0 Å². The van der Waals surface area contributed by atoms with Gasteiger partial charge in [0.05, 0.1) is 11.0 Å². The predicted octanol–water partition coefficient (Wildman–Crippen LogP) is 12.1. The van der Waals surface area contributed by atoms with Gasteiger partial charge in [0, 0.05) is 38.3 Å². The van der Waals surface area contributed by atoms with Gasteiger partial charge in [-0.15, -0.1) is 0 Å². The number of nitrogens with one attached hydrogen (secondary N) is 1. The van der Waals surface area contributed by atoms with Crippen LogP contribution in [0.3, 0.4) is 0 Å². The van der Waals surface area contributed by atoms with Gasteiger partial charge >= 0.3 is 0 Å². The van der Waals surface area contributed by atoms with Gasteiger partial charge < -0.3 is 9.55 Å². The molecular formula is C44H28N2. The van der Waals surface area contributed by atoms with Crippen LogP contribution in [0.5, 0.6) is 0 Å². The third-order valence-corrected chi connectivity index (χ3v) is 9.72. The van der Waals surface area contributed by atoms with Gasteiger partial charge in [0.2, 0.25) is 0 Å². The average molecular weight is 585 g/mol. The normalized spacial score (nSPS) is 11.9. The maximum absolute atomic E-state index is 3.71. The number of hydrogen-bond acceptors (Lipinski definition) is 0. The highest BCUT2D eigenvalue weighted by Crippen LogP contribution is 2.43. The van der Waals surface area contributed by atoms with Crippen molar-refractivity contribution in [2.75, 3.05) is 0 Å². The molecule has 2 aromatic heterocycles. The number of fused-ring (bicyclic) bond motifs is 9. The van der Waals surface area contributed by atoms with Crippen molar-refractivity contribution in [1.29, 1.82) is 0 Å². The van der Waals surface area contributed by atoms with Gasteiger partial charge in [-0.3, -0.25) is 0 Å². The lowest BCUT2D eigenvalue weighted by Crippen LogP contribution is -1.93. The largest absolute Gasteiger partial charge is 0.354 e. The standard InChI is InChI=1S/C44H28N2/c1-2-12-29(13-3-1)46-42-21-11-9-17-35(42)36-23-22-28(26-43(36)46)30-24-25-34(32-15-5-4-14-31(30)32)39-27-41-44(37-18-7-6-16-33(37)39)38-19-8-10-20-40(38)45-41/h1-27,45H. The van der Waals surface area contributed by atoms with Crippen LogP contribution in [0.1, 0.15) is 0 Å². The smallest absolute Gasteiger partial charge is 0.0547 e. The molecule has 2 heterocycles. The molecule has 0 aliphatic heterocycles. The molecule has 0 unspecified atom stereocenters. The molecule has 10 rings (SSSR count). The van der Waals surface area contributed by atoms with E-state index in [1.165, 1.54) is 93.1 Å². The van der Waals surface area contributed by atoms with Crippen LogP contribution in [0.25, 0.3) is 93.1 Å². The summed E-state index contributed by atoms with van der Waals surface area (Å²) in [6, 6.07) is 59.7. The SMILES string of the molecule is c1ccc(-n2c3ccccc3c3ccc(-c4ccc(-c5cc6[nH]c7ccccc7c6c6ccccc56)c5ccccc45)cc32)cc1. The molecule has 0 radical (unpaired) electrons. The number of benzene rings is 8. The molecule has 1 N–H and O–H groups in total. The molecule has 2 nitrogen and oxygen atoms in total. The van der Waals surface area contributed by atoms with E-state index in [0.717, 1.165) is 0 Å². The van der Waals surface area contributed by atoms with Gasteiger partial charge in [-0.25, -0.2) is 0 Å². The first kappa shape index (κ1) is 25.2. The van der Waals surface area contributed by atoms with E-state index in [1.807, 2.05) is 0 Å². The molecule has 0 aliphatic carbocycles. The van der Waals surface area contributed by atoms with Crippen molar-refractivity contribution in [2.24, 2.45) is 0 Å². The fraction of sp³-hybridized carbons (Fsp3) is 0. The van der Waals surface area contributed by atoms with Crippen molar-refractivity contribution in [3.63, 3.8) is 0 Å². The van der Waals surface area contributed by atoms with Gasteiger partial charge in [0.1, 0.15) is 0 Å². The molecule has 8 aromatic carbocycles. The van der Waals surface area contributed by atoms with E-state index < -0.39 is 0 Å². The monoisotopic (exact) mass is 584 g/mol. The Morgan fingerprint density at radius 3 is 1.74 bits per heavy atom. The van der Waals surface area contributed by atoms with E-state index in [-0.39, 0.29) is 0 Å². The Morgan fingerprint density at radius 2 is 0.935 bits per heavy atom. The average Bonchev–Trinajstić information content (AvgIpc) is 3.67. The van der Waals surface area contributed by atoms with E-state index in [9.17, 15) is 0 Å². The van der Waals surface area contributed by atoms with Crippen molar-refractivity contribution in [3.05, 3.63) is 164 Å². The fourth-order valence-corrected chi connectivity index (χ4v) is 7.72. The van der Waals surface area contributed by atoms with E-state index in [0.29, 0.717) is 0 Å². The van der Waals surface area contributed by atoms with Crippen LogP contribution in [0.15, 0.2) is 164 Å². The van der Waals surface area contributed by atoms with Crippen LogP contribution in [-0.2, 0) is 0 Å². The highest BCUT2D eigenvalue weighted by molar-refractivity contribution is 6.24. The summed E-state index contributed by atoms with van der Waals surface area (Å²) in [5.74, 6) is 0. The van der Waals surface area contributed by atoms with Crippen LogP contribution in [0.2, 0.25) is 0 Å². The molecule has 0 aliphatic rings. The third-order valence-electron chi connectivity index (χ3n) is 9.72. The van der Waals surface area contributed by atoms with Crippen LogP contribution in [0.4, 0.5) is 0 Å². The highest BCUT2D eigenvalue weighted by atomic mass is 15.0. The summed E-state index contributed by atoms with van der Waals surface area (Å²) in [4.78, 5) is 3.71. The van der Waals surface area contributed by atoms with Crippen molar-refractivity contribution < 1.29 is 0 Å². The van der Waals surface area contributed by atoms with Crippen molar-refractivity contribution in [3.8, 4) is 27.9 Å². The number of hydrogen-bond donors (Lipinski definition) is 1. The van der Waals surface area contributed by atoms with Crippen molar-refractivity contribution >= 4 is 65.2 Å². The van der Waals surface area contributed by atoms with Crippen molar-refractivity contribution in [2.45, 2.75) is 0 Å². The van der Waals surface area contributed by atoms with Gasteiger partial charge in [0.25, 0.3) is 0 Å². The number of H-pyrrole nitrogens is 1. The molecule has 0 spiro atoms. The lowest BCUT2D eigenvalue weighted by Gasteiger charge is -2.15. The highest BCUT2D eigenvalue weighted by Gasteiger charge is 2.17. The first-order chi connectivity index (χ1) is 22.8. The molecular weight excluding hydrogens is 556 g/mol. The second kappa shape index (κ2) is 9.69. The Labute approximate surface area is 265 Å². The third kappa shape index (κ3) is 3.59. The summed E-state index contributed by atoms with van der Waals surface area (Å²) in [6.45, 7) is 0. The lowest BCUT2D eigenvalue weighted by molar-refractivity contribution is 1.18. The quantitative estimate of drug-likeness (QED) is 0.213. The van der Waals surface area contributed by atoms with Crippen LogP contribution >= 0.6 is 0 Å². The minimum Gasteiger partial charge on any atom is -0.354 e. The summed E-state index contributed by atoms with van der Waals surface area (Å²) in [5, 5.41) is 10.1. The first-order valence-electron chi connectivity index (χ1n) is 15.9. The van der Waals surface area contributed by atoms with Crippen LogP contribution < -0.4 is 0 Å². The fourth-order valence-electron chi connectivity index (χ4n) is 7.72. The summed E-state index contributed by atoms with van der Waals surface area (Å²) in [6.07, 6.45) is 0. The minimum absolute atomic E-state index is 1.17. The molecule has 2 heteroatoms. The molecule has 0 fully saturated rings. The van der Waals surface area contributed by atoms with E-state index >= 15 is 0 Å². The second-order valence-corrected chi connectivity index (χ2v) is 12.2. The minimum atomic E-state index is 1.17. The molecule has 46 heavy (non-hydrogen) atoms. The van der Waals surface area contributed by atoms with Gasteiger partial charge in [-0.2, -0.15) is 0 Å². The molecule has 0 amide bonds. The van der Waals surface area contributed by atoms with Crippen LogP contribution in [0, 0.1) is 0 Å². The summed E-state index contributed by atoms with van der Waals surface area (Å²) in [5.41, 5.74) is 10.9. The Balaban J connectivity index is 1.23. The van der Waals surface area contributed by atoms with Crippen LogP contribution in [-0.4, -0.2) is 9.55 Å². The molecule has 0 bridgehead atoms. The first-order valence-corrected chi connectivity index (χ1v) is 15.9. The maximum Gasteiger partial charge on any atom is 0.0547 e. The number of aromatic amines is 1. The zero-order valence-corrected chi connectivity index (χ0v) is 25.0. The van der Waals surface area contributed by atoms with E-state index in [4.69, 9.17) is 0 Å². The Kier molecular flexibility index (Phi) is 5.31. The Bertz CT molecular complexity index is 2800. The maximum atomic E-state index is 3.71. The molecule has 0 saturated heterocycles. The second-order valence-electron chi connectivity index (χ2n) is 12.2. The summed E-state index contributed by atoms with van der Waals surface area (Å²) < 4.78 is 2.40. The van der Waals surface area contributed by atoms with E-state index in [2.05, 4.69) is 173 Å². The van der Waals surface area contributed by atoms with Crippen molar-refractivity contribution in [1.82, 2.24) is 9.55 Å². The Morgan fingerprint density at radius 1 is 0.348 bits per heavy atom.